The van der Waals surface area contributed by atoms with E-state index in [9.17, 15) is 4.79 Å². The fourth-order valence-electron chi connectivity index (χ4n) is 2.02. The Bertz CT molecular complexity index is 835. The molecular weight excluding hydrogens is 390 g/mol. The number of rotatable bonds is 5. The van der Waals surface area contributed by atoms with E-state index < -0.39 is 0 Å². The number of anilines is 1. The number of hydrogen-bond donors (Lipinski definition) is 2. The Labute approximate surface area is 151 Å². The van der Waals surface area contributed by atoms with Gasteiger partial charge in [-0.25, -0.2) is 4.68 Å². The molecule has 0 fully saturated rings. The quantitative estimate of drug-likeness (QED) is 0.504. The van der Waals surface area contributed by atoms with Crippen LogP contribution in [0.3, 0.4) is 0 Å². The lowest BCUT2D eigenvalue weighted by Gasteiger charge is -2.05. The molecule has 0 radical (unpaired) electrons. The van der Waals surface area contributed by atoms with Crippen molar-refractivity contribution in [3.63, 3.8) is 0 Å². The number of nitrogens with one attached hydrogen (secondary N) is 1. The summed E-state index contributed by atoms with van der Waals surface area (Å²) in [6.45, 7) is 0. The molecule has 0 aliphatic rings. The van der Waals surface area contributed by atoms with Gasteiger partial charge < -0.3 is 11.2 Å². The van der Waals surface area contributed by atoms with Gasteiger partial charge in [0.05, 0.1) is 5.75 Å². The van der Waals surface area contributed by atoms with Crippen molar-refractivity contribution in [2.45, 2.75) is 5.16 Å². The van der Waals surface area contributed by atoms with Gasteiger partial charge in [-0.05, 0) is 24.3 Å². The predicted molar refractivity (Wildman–Crippen MR) is 99.1 cm³/mol. The van der Waals surface area contributed by atoms with Gasteiger partial charge >= 0.3 is 0 Å². The largest absolute Gasteiger partial charge is 0.335 e. The molecule has 3 aromatic rings. The van der Waals surface area contributed by atoms with E-state index in [-0.39, 0.29) is 11.7 Å². The van der Waals surface area contributed by atoms with Crippen LogP contribution in [-0.4, -0.2) is 26.5 Å². The molecular formula is C16H14BrN5OS. The zero-order valence-electron chi connectivity index (χ0n) is 12.5. The van der Waals surface area contributed by atoms with Crippen molar-refractivity contribution in [1.29, 1.82) is 0 Å². The van der Waals surface area contributed by atoms with Crippen molar-refractivity contribution < 1.29 is 4.79 Å². The summed E-state index contributed by atoms with van der Waals surface area (Å²) in [5.74, 6) is 6.66. The number of amides is 1. The highest BCUT2D eigenvalue weighted by Gasteiger charge is 2.13. The van der Waals surface area contributed by atoms with E-state index in [2.05, 4.69) is 31.4 Å². The summed E-state index contributed by atoms with van der Waals surface area (Å²) in [7, 11) is 0. The molecule has 1 aromatic heterocycles. The summed E-state index contributed by atoms with van der Waals surface area (Å²) in [5.41, 5.74) is 1.61. The predicted octanol–water partition coefficient (Wildman–Crippen LogP) is 3.15. The van der Waals surface area contributed by atoms with Crippen LogP contribution in [0.4, 0.5) is 5.69 Å². The van der Waals surface area contributed by atoms with Gasteiger partial charge in [0.15, 0.2) is 5.82 Å². The van der Waals surface area contributed by atoms with E-state index in [0.717, 1.165) is 15.7 Å². The number of aromatic nitrogens is 3. The number of halogens is 1. The van der Waals surface area contributed by atoms with Crippen molar-refractivity contribution in [1.82, 2.24) is 14.9 Å². The zero-order chi connectivity index (χ0) is 16.9. The number of hydrogen-bond acceptors (Lipinski definition) is 5. The third-order valence-electron chi connectivity index (χ3n) is 3.16. The molecule has 0 atom stereocenters. The lowest BCUT2D eigenvalue weighted by atomic mass is 10.2. The van der Waals surface area contributed by atoms with Crippen molar-refractivity contribution >= 4 is 39.3 Å². The molecule has 0 saturated carbocycles. The van der Waals surface area contributed by atoms with Crippen molar-refractivity contribution in [2.24, 2.45) is 0 Å². The van der Waals surface area contributed by atoms with Crippen LogP contribution in [0.1, 0.15) is 0 Å². The van der Waals surface area contributed by atoms with E-state index in [1.165, 1.54) is 16.4 Å². The molecule has 122 valence electrons. The SMILES string of the molecule is Nn1c(SCC(=O)Nc2ccccc2)nnc1-c1ccc(Br)cc1. The molecule has 6 nitrogen and oxygen atoms in total. The summed E-state index contributed by atoms with van der Waals surface area (Å²) in [5, 5.41) is 11.4. The lowest BCUT2D eigenvalue weighted by Crippen LogP contribution is -2.16. The summed E-state index contributed by atoms with van der Waals surface area (Å²) < 4.78 is 2.37. The zero-order valence-corrected chi connectivity index (χ0v) is 14.9. The molecule has 8 heteroatoms. The monoisotopic (exact) mass is 403 g/mol. The molecule has 3 N–H and O–H groups in total. The fraction of sp³-hybridized carbons (Fsp3) is 0.0625. The highest BCUT2D eigenvalue weighted by molar-refractivity contribution is 9.10. The highest BCUT2D eigenvalue weighted by Crippen LogP contribution is 2.23. The number of nitrogens with zero attached hydrogens (tertiary/aromatic N) is 3. The topological polar surface area (TPSA) is 85.8 Å². The molecule has 1 heterocycles. The van der Waals surface area contributed by atoms with Crippen LogP contribution in [0.2, 0.25) is 0 Å². The normalized spacial score (nSPS) is 10.5. The second-order valence-corrected chi connectivity index (χ2v) is 6.74. The van der Waals surface area contributed by atoms with Crippen molar-refractivity contribution in [3.8, 4) is 11.4 Å². The number of carbonyl (C=O) groups excluding carboxylic acids is 1. The van der Waals surface area contributed by atoms with E-state index in [1.807, 2.05) is 54.6 Å². The fourth-order valence-corrected chi connectivity index (χ4v) is 2.94. The standard InChI is InChI=1S/C16H14BrN5OS/c17-12-8-6-11(7-9-12)15-20-21-16(22(15)18)24-10-14(23)19-13-4-2-1-3-5-13/h1-9H,10,18H2,(H,19,23). The van der Waals surface area contributed by atoms with Gasteiger partial charge in [0, 0.05) is 15.7 Å². The van der Waals surface area contributed by atoms with Gasteiger partial charge in [-0.3, -0.25) is 4.79 Å². The van der Waals surface area contributed by atoms with E-state index in [4.69, 9.17) is 5.84 Å². The summed E-state index contributed by atoms with van der Waals surface area (Å²) in [6.07, 6.45) is 0. The Kier molecular flexibility index (Phi) is 5.17. The Morgan fingerprint density at radius 3 is 2.54 bits per heavy atom. The van der Waals surface area contributed by atoms with Crippen molar-refractivity contribution in [2.75, 3.05) is 16.9 Å². The van der Waals surface area contributed by atoms with Crippen LogP contribution >= 0.6 is 27.7 Å². The first-order valence-corrected chi connectivity index (χ1v) is 8.85. The van der Waals surface area contributed by atoms with Crippen LogP contribution < -0.4 is 11.2 Å². The van der Waals surface area contributed by atoms with Gasteiger partial charge in [-0.2, -0.15) is 0 Å². The second-order valence-electron chi connectivity index (χ2n) is 4.89. The lowest BCUT2D eigenvalue weighted by molar-refractivity contribution is -0.113. The van der Waals surface area contributed by atoms with Gasteiger partial charge in [-0.15, -0.1) is 10.2 Å². The minimum Gasteiger partial charge on any atom is -0.335 e. The van der Waals surface area contributed by atoms with E-state index in [1.54, 1.807) is 0 Å². The minimum atomic E-state index is -0.126. The van der Waals surface area contributed by atoms with Gasteiger partial charge in [0.25, 0.3) is 0 Å². The summed E-state index contributed by atoms with van der Waals surface area (Å²) in [4.78, 5) is 12.0. The Morgan fingerprint density at radius 2 is 1.83 bits per heavy atom. The number of carbonyl (C=O) groups is 1. The maximum atomic E-state index is 12.0. The average Bonchev–Trinajstić information content (AvgIpc) is 2.95. The summed E-state index contributed by atoms with van der Waals surface area (Å²) in [6, 6.07) is 16.9. The van der Waals surface area contributed by atoms with Crippen LogP contribution in [0.5, 0.6) is 0 Å². The third-order valence-corrected chi connectivity index (χ3v) is 4.63. The minimum absolute atomic E-state index is 0.126. The maximum Gasteiger partial charge on any atom is 0.234 e. The van der Waals surface area contributed by atoms with Crippen LogP contribution in [0.15, 0.2) is 64.2 Å². The number of benzene rings is 2. The van der Waals surface area contributed by atoms with Gasteiger partial charge in [-0.1, -0.05) is 58.0 Å². The number of thioether (sulfide) groups is 1. The van der Waals surface area contributed by atoms with Crippen LogP contribution in [-0.2, 0) is 4.79 Å². The first-order chi connectivity index (χ1) is 11.6. The second kappa shape index (κ2) is 7.50. The molecule has 0 spiro atoms. The maximum absolute atomic E-state index is 12.0. The first kappa shape index (κ1) is 16.5. The molecule has 1 amide bonds. The highest BCUT2D eigenvalue weighted by atomic mass is 79.9. The number of para-hydroxylation sites is 1. The van der Waals surface area contributed by atoms with Gasteiger partial charge in [0.1, 0.15) is 0 Å². The average molecular weight is 404 g/mol. The smallest absolute Gasteiger partial charge is 0.234 e. The first-order valence-electron chi connectivity index (χ1n) is 7.07. The molecule has 0 saturated heterocycles. The van der Waals surface area contributed by atoms with Crippen molar-refractivity contribution in [3.05, 3.63) is 59.1 Å². The molecule has 2 aromatic carbocycles. The third kappa shape index (κ3) is 3.95. The number of nitrogens with two attached hydrogens (primary N) is 1. The Morgan fingerprint density at radius 1 is 1.12 bits per heavy atom. The summed E-state index contributed by atoms with van der Waals surface area (Å²) >= 11 is 4.62. The molecule has 0 bridgehead atoms. The molecule has 3 rings (SSSR count). The van der Waals surface area contributed by atoms with E-state index >= 15 is 0 Å². The molecule has 0 aliphatic heterocycles. The van der Waals surface area contributed by atoms with Gasteiger partial charge in [0.2, 0.25) is 11.1 Å². The Balaban J connectivity index is 1.64. The Hall–Kier alpha value is -2.32. The van der Waals surface area contributed by atoms with Crippen LogP contribution in [0, 0.1) is 0 Å². The molecule has 0 unspecified atom stereocenters. The number of nitrogen functional groups attached to an aromatic ring is 1. The molecule has 24 heavy (non-hydrogen) atoms. The van der Waals surface area contributed by atoms with E-state index in [0.29, 0.717) is 11.0 Å². The van der Waals surface area contributed by atoms with Crippen LogP contribution in [0.25, 0.3) is 11.4 Å². The molecule has 0 aliphatic carbocycles.